The van der Waals surface area contributed by atoms with Gasteiger partial charge in [0.25, 0.3) is 11.8 Å². The van der Waals surface area contributed by atoms with Crippen molar-refractivity contribution in [3.05, 3.63) is 51.2 Å². The molecule has 0 spiro atoms. The molecule has 2 heterocycles. The molecule has 1 aromatic carbocycles. The molecule has 1 aliphatic rings. The van der Waals surface area contributed by atoms with Gasteiger partial charge in [0.1, 0.15) is 0 Å². The fourth-order valence-corrected chi connectivity index (χ4v) is 3.04. The number of carbonyl (C=O) groups is 2. The lowest BCUT2D eigenvalue weighted by molar-refractivity contribution is -0.117. The molecule has 2 N–H and O–H groups in total. The molecule has 1 aromatic heterocycles. The van der Waals surface area contributed by atoms with Crippen LogP contribution in [0.1, 0.15) is 21.7 Å². The topological polar surface area (TPSA) is 76.7 Å². The van der Waals surface area contributed by atoms with Gasteiger partial charge in [-0.3, -0.25) is 20.4 Å². The second kappa shape index (κ2) is 8.04. The lowest BCUT2D eigenvalue weighted by Gasteiger charge is -2.10. The molecular weight excluding hydrogens is 364 g/mol. The van der Waals surface area contributed by atoms with Crippen molar-refractivity contribution in [1.29, 1.82) is 0 Å². The van der Waals surface area contributed by atoms with E-state index in [2.05, 4.69) is 10.9 Å². The smallest absolute Gasteiger partial charge is 0.279 e. The number of rotatable bonds is 3. The van der Waals surface area contributed by atoms with Crippen LogP contribution >= 0.6 is 22.9 Å². The zero-order chi connectivity index (χ0) is 17.6. The van der Waals surface area contributed by atoms with Crippen LogP contribution in [0.15, 0.2) is 35.7 Å². The summed E-state index contributed by atoms with van der Waals surface area (Å²) in [5, 5.41) is 2.20. The molecule has 0 unspecified atom stereocenters. The molecule has 1 aliphatic heterocycles. The number of thiophene rings is 1. The summed E-state index contributed by atoms with van der Waals surface area (Å²) in [6, 6.07) is 6.86. The number of nitrogens with one attached hydrogen (secondary N) is 2. The number of halogens is 1. The summed E-state index contributed by atoms with van der Waals surface area (Å²) in [4.78, 5) is 24.1. The second-order valence-electron chi connectivity index (χ2n) is 5.13. The van der Waals surface area contributed by atoms with Crippen molar-refractivity contribution in [3.63, 3.8) is 0 Å². The van der Waals surface area contributed by atoms with Crippen LogP contribution in [-0.4, -0.2) is 25.0 Å². The number of fused-ring (bicyclic) bond motifs is 1. The van der Waals surface area contributed by atoms with E-state index in [1.54, 1.807) is 35.7 Å². The van der Waals surface area contributed by atoms with Gasteiger partial charge in [-0.15, -0.1) is 11.3 Å². The van der Waals surface area contributed by atoms with Crippen molar-refractivity contribution in [3.8, 4) is 11.5 Å². The summed E-state index contributed by atoms with van der Waals surface area (Å²) in [7, 11) is 0. The van der Waals surface area contributed by atoms with E-state index >= 15 is 0 Å². The van der Waals surface area contributed by atoms with Gasteiger partial charge in [-0.1, -0.05) is 17.7 Å². The van der Waals surface area contributed by atoms with Gasteiger partial charge in [0.2, 0.25) is 0 Å². The van der Waals surface area contributed by atoms with Crippen molar-refractivity contribution in [2.75, 3.05) is 13.2 Å². The first-order chi connectivity index (χ1) is 12.1. The summed E-state index contributed by atoms with van der Waals surface area (Å²) in [6.45, 7) is 1.10. The Morgan fingerprint density at radius 1 is 1.20 bits per heavy atom. The SMILES string of the molecule is O=C(/C=C/c1cc(Cl)c2c(c1)OCCCO2)NNC(=O)c1cccs1. The number of carbonyl (C=O) groups excluding carboxylic acids is 2. The van der Waals surface area contributed by atoms with Crippen LogP contribution in [0.3, 0.4) is 0 Å². The highest BCUT2D eigenvalue weighted by Gasteiger charge is 2.15. The normalized spacial score (nSPS) is 13.3. The van der Waals surface area contributed by atoms with Crippen LogP contribution in [0, 0.1) is 0 Å². The molecule has 3 rings (SSSR count). The minimum Gasteiger partial charge on any atom is -0.489 e. The van der Waals surface area contributed by atoms with Gasteiger partial charge in [-0.05, 0) is 35.2 Å². The predicted octanol–water partition coefficient (Wildman–Crippen LogP) is 3.04. The fourth-order valence-electron chi connectivity index (χ4n) is 2.15. The largest absolute Gasteiger partial charge is 0.489 e. The minimum atomic E-state index is -0.465. The van der Waals surface area contributed by atoms with E-state index < -0.39 is 5.91 Å². The monoisotopic (exact) mass is 378 g/mol. The third kappa shape index (κ3) is 4.52. The standard InChI is InChI=1S/C17H15ClN2O4S/c18-12-9-11(10-13-16(12)24-7-2-6-23-13)4-5-15(21)19-20-17(22)14-3-1-8-25-14/h1,3-5,8-10H,2,6-7H2,(H,19,21)(H,20,22)/b5-4+. The van der Waals surface area contributed by atoms with Gasteiger partial charge in [0.15, 0.2) is 11.5 Å². The quantitative estimate of drug-likeness (QED) is 0.635. The Bertz CT molecular complexity index is 805. The Hall–Kier alpha value is -2.51. The average molecular weight is 379 g/mol. The summed E-state index contributed by atoms with van der Waals surface area (Å²) in [6.07, 6.45) is 3.65. The number of amides is 2. The van der Waals surface area contributed by atoms with Crippen LogP contribution < -0.4 is 20.3 Å². The molecule has 0 atom stereocenters. The van der Waals surface area contributed by atoms with Gasteiger partial charge in [0, 0.05) is 12.5 Å². The summed E-state index contributed by atoms with van der Waals surface area (Å²) < 4.78 is 11.2. The summed E-state index contributed by atoms with van der Waals surface area (Å²) >= 11 is 7.49. The van der Waals surface area contributed by atoms with E-state index in [-0.39, 0.29) is 5.91 Å². The van der Waals surface area contributed by atoms with Crippen molar-refractivity contribution < 1.29 is 19.1 Å². The molecule has 0 fully saturated rings. The molecule has 0 saturated carbocycles. The molecule has 25 heavy (non-hydrogen) atoms. The number of hydrogen-bond acceptors (Lipinski definition) is 5. The van der Waals surface area contributed by atoms with E-state index in [9.17, 15) is 9.59 Å². The number of benzene rings is 1. The molecule has 0 saturated heterocycles. The maximum absolute atomic E-state index is 11.8. The first kappa shape index (κ1) is 17.3. The lowest BCUT2D eigenvalue weighted by atomic mass is 10.2. The number of hydrazine groups is 1. The molecule has 2 amide bonds. The molecule has 2 aromatic rings. The van der Waals surface area contributed by atoms with Crippen molar-refractivity contribution >= 4 is 40.8 Å². The molecule has 0 bridgehead atoms. The lowest BCUT2D eigenvalue weighted by Crippen LogP contribution is -2.40. The Morgan fingerprint density at radius 2 is 2.04 bits per heavy atom. The first-order valence-electron chi connectivity index (χ1n) is 7.54. The molecule has 0 aliphatic carbocycles. The molecule has 6 nitrogen and oxygen atoms in total. The highest BCUT2D eigenvalue weighted by Crippen LogP contribution is 2.38. The molecule has 8 heteroatoms. The van der Waals surface area contributed by atoms with E-state index in [1.807, 2.05) is 0 Å². The molecule has 130 valence electrons. The predicted molar refractivity (Wildman–Crippen MR) is 96.0 cm³/mol. The van der Waals surface area contributed by atoms with Crippen LogP contribution in [0.5, 0.6) is 11.5 Å². The highest BCUT2D eigenvalue weighted by atomic mass is 35.5. The van der Waals surface area contributed by atoms with Crippen LogP contribution in [0.4, 0.5) is 0 Å². The van der Waals surface area contributed by atoms with E-state index in [4.69, 9.17) is 21.1 Å². The maximum atomic E-state index is 11.8. The molecular formula is C17H15ClN2O4S. The number of hydrogen-bond donors (Lipinski definition) is 2. The summed E-state index contributed by atoms with van der Waals surface area (Å²) in [5.74, 6) is 0.239. The zero-order valence-electron chi connectivity index (χ0n) is 13.1. The highest BCUT2D eigenvalue weighted by molar-refractivity contribution is 7.12. The van der Waals surface area contributed by atoms with Gasteiger partial charge in [-0.25, -0.2) is 0 Å². The van der Waals surface area contributed by atoms with Crippen molar-refractivity contribution in [2.45, 2.75) is 6.42 Å². The Labute approximate surface area is 153 Å². The minimum absolute atomic E-state index is 0.365. The third-order valence-corrected chi connectivity index (χ3v) is 4.45. The average Bonchev–Trinajstić information content (AvgIpc) is 3.04. The van der Waals surface area contributed by atoms with Crippen molar-refractivity contribution in [2.24, 2.45) is 0 Å². The molecule has 0 radical (unpaired) electrons. The number of ether oxygens (including phenoxy) is 2. The fraction of sp³-hybridized carbons (Fsp3) is 0.176. The van der Waals surface area contributed by atoms with Gasteiger partial charge in [0.05, 0.1) is 23.1 Å². The second-order valence-corrected chi connectivity index (χ2v) is 6.49. The first-order valence-corrected chi connectivity index (χ1v) is 8.80. The van der Waals surface area contributed by atoms with Crippen molar-refractivity contribution in [1.82, 2.24) is 10.9 Å². The van der Waals surface area contributed by atoms with E-state index in [1.165, 1.54) is 17.4 Å². The zero-order valence-corrected chi connectivity index (χ0v) is 14.7. The van der Waals surface area contributed by atoms with Crippen LogP contribution in [0.25, 0.3) is 6.08 Å². The third-order valence-electron chi connectivity index (χ3n) is 3.30. The Morgan fingerprint density at radius 3 is 2.84 bits per heavy atom. The van der Waals surface area contributed by atoms with Crippen LogP contribution in [0.2, 0.25) is 5.02 Å². The van der Waals surface area contributed by atoms with Gasteiger partial charge in [-0.2, -0.15) is 0 Å². The van der Waals surface area contributed by atoms with E-state index in [0.29, 0.717) is 40.2 Å². The Kier molecular flexibility index (Phi) is 5.57. The maximum Gasteiger partial charge on any atom is 0.279 e. The van der Waals surface area contributed by atoms with Crippen LogP contribution in [-0.2, 0) is 4.79 Å². The Balaban J connectivity index is 1.61. The van der Waals surface area contributed by atoms with Gasteiger partial charge < -0.3 is 9.47 Å². The van der Waals surface area contributed by atoms with Gasteiger partial charge >= 0.3 is 0 Å². The van der Waals surface area contributed by atoms with E-state index in [0.717, 1.165) is 6.42 Å². The summed E-state index contributed by atoms with van der Waals surface area (Å²) in [5.41, 5.74) is 5.35.